The molecule has 27 heavy (non-hydrogen) atoms. The number of carbonyl (C=O) groups excluding carboxylic acids is 2. The van der Waals surface area contributed by atoms with Crippen LogP contribution < -0.4 is 9.47 Å². The predicted molar refractivity (Wildman–Crippen MR) is 100 cm³/mol. The number of benzene rings is 1. The van der Waals surface area contributed by atoms with Gasteiger partial charge < -0.3 is 24.0 Å². The number of likely N-dealkylation sites (tertiary alicyclic amines) is 1. The Kier molecular flexibility index (Phi) is 5.48. The summed E-state index contributed by atoms with van der Waals surface area (Å²) in [7, 11) is 1.73. The van der Waals surface area contributed by atoms with E-state index in [0.29, 0.717) is 43.4 Å². The van der Waals surface area contributed by atoms with E-state index in [9.17, 15) is 9.59 Å². The third-order valence-corrected chi connectivity index (χ3v) is 4.71. The van der Waals surface area contributed by atoms with Gasteiger partial charge in [0.15, 0.2) is 11.5 Å². The SMILES string of the molecule is CN(C(=O)OC(C)(C)C)[C@H]1CCCN(C(=O)c2cccc3c2OCCO3)C1. The smallest absolute Gasteiger partial charge is 0.410 e. The fourth-order valence-electron chi connectivity index (χ4n) is 3.35. The van der Waals surface area contributed by atoms with Crippen LogP contribution in [-0.2, 0) is 4.74 Å². The second kappa shape index (κ2) is 7.66. The number of amides is 2. The average Bonchev–Trinajstić information content (AvgIpc) is 2.65. The van der Waals surface area contributed by atoms with E-state index in [1.807, 2.05) is 20.8 Å². The molecule has 0 bridgehead atoms. The van der Waals surface area contributed by atoms with Crippen LogP contribution in [0.5, 0.6) is 11.5 Å². The van der Waals surface area contributed by atoms with Crippen LogP contribution in [0.1, 0.15) is 44.0 Å². The number of hydrogen-bond acceptors (Lipinski definition) is 5. The quantitative estimate of drug-likeness (QED) is 0.794. The van der Waals surface area contributed by atoms with Gasteiger partial charge in [0.2, 0.25) is 0 Å². The van der Waals surface area contributed by atoms with Gasteiger partial charge in [-0.05, 0) is 45.7 Å². The molecule has 0 aromatic heterocycles. The van der Waals surface area contributed by atoms with Gasteiger partial charge in [-0.25, -0.2) is 4.79 Å². The molecule has 1 aromatic carbocycles. The van der Waals surface area contributed by atoms with Crippen molar-refractivity contribution < 1.29 is 23.8 Å². The fraction of sp³-hybridized carbons (Fsp3) is 0.600. The maximum absolute atomic E-state index is 13.1. The van der Waals surface area contributed by atoms with Crippen LogP contribution in [0.2, 0.25) is 0 Å². The van der Waals surface area contributed by atoms with E-state index >= 15 is 0 Å². The molecular weight excluding hydrogens is 348 g/mol. The van der Waals surface area contributed by atoms with Gasteiger partial charge in [-0.2, -0.15) is 0 Å². The Hall–Kier alpha value is -2.44. The summed E-state index contributed by atoms with van der Waals surface area (Å²) in [5.41, 5.74) is -0.0385. The maximum Gasteiger partial charge on any atom is 0.410 e. The predicted octanol–water partition coefficient (Wildman–Crippen LogP) is 2.93. The highest BCUT2D eigenvalue weighted by molar-refractivity contribution is 5.98. The highest BCUT2D eigenvalue weighted by atomic mass is 16.6. The number of para-hydroxylation sites is 1. The molecule has 1 saturated heterocycles. The molecule has 7 nitrogen and oxygen atoms in total. The van der Waals surface area contributed by atoms with E-state index in [1.165, 1.54) is 0 Å². The van der Waals surface area contributed by atoms with Gasteiger partial charge in [0.1, 0.15) is 18.8 Å². The zero-order valence-electron chi connectivity index (χ0n) is 16.5. The zero-order valence-corrected chi connectivity index (χ0v) is 16.5. The van der Waals surface area contributed by atoms with Crippen molar-refractivity contribution in [3.8, 4) is 11.5 Å². The van der Waals surface area contributed by atoms with Crippen molar-refractivity contribution in [2.45, 2.75) is 45.3 Å². The van der Waals surface area contributed by atoms with Crippen LogP contribution in [0.3, 0.4) is 0 Å². The Balaban J connectivity index is 1.71. The van der Waals surface area contributed by atoms with E-state index in [0.717, 1.165) is 12.8 Å². The molecule has 0 saturated carbocycles. The van der Waals surface area contributed by atoms with E-state index in [2.05, 4.69) is 0 Å². The van der Waals surface area contributed by atoms with E-state index in [1.54, 1.807) is 35.0 Å². The van der Waals surface area contributed by atoms with Crippen LogP contribution in [0.4, 0.5) is 4.79 Å². The largest absolute Gasteiger partial charge is 0.486 e. The van der Waals surface area contributed by atoms with Crippen molar-refractivity contribution in [3.63, 3.8) is 0 Å². The van der Waals surface area contributed by atoms with Crippen LogP contribution in [0.25, 0.3) is 0 Å². The molecule has 2 aliphatic rings. The number of ether oxygens (including phenoxy) is 3. The molecule has 1 atom stereocenters. The first kappa shape index (κ1) is 19.3. The summed E-state index contributed by atoms with van der Waals surface area (Å²) in [6, 6.07) is 5.29. The highest BCUT2D eigenvalue weighted by Crippen LogP contribution is 2.34. The number of rotatable bonds is 2. The van der Waals surface area contributed by atoms with Gasteiger partial charge in [-0.3, -0.25) is 4.79 Å². The molecular formula is C20H28N2O5. The number of fused-ring (bicyclic) bond motifs is 1. The topological polar surface area (TPSA) is 68.3 Å². The van der Waals surface area contributed by atoms with Gasteiger partial charge >= 0.3 is 6.09 Å². The molecule has 0 aliphatic carbocycles. The lowest BCUT2D eigenvalue weighted by Crippen LogP contribution is -2.51. The summed E-state index contributed by atoms with van der Waals surface area (Å²) in [4.78, 5) is 28.8. The third-order valence-electron chi connectivity index (χ3n) is 4.71. The molecule has 0 radical (unpaired) electrons. The zero-order chi connectivity index (χ0) is 19.6. The Morgan fingerprint density at radius 2 is 1.96 bits per heavy atom. The summed E-state index contributed by atoms with van der Waals surface area (Å²) in [5.74, 6) is 1.02. The van der Waals surface area contributed by atoms with Gasteiger partial charge in [-0.1, -0.05) is 6.07 Å². The molecule has 2 amide bonds. The van der Waals surface area contributed by atoms with Crippen LogP contribution in [-0.4, -0.2) is 66.8 Å². The minimum Gasteiger partial charge on any atom is -0.486 e. The lowest BCUT2D eigenvalue weighted by atomic mass is 10.0. The van der Waals surface area contributed by atoms with Crippen molar-refractivity contribution >= 4 is 12.0 Å². The first-order chi connectivity index (χ1) is 12.8. The summed E-state index contributed by atoms with van der Waals surface area (Å²) >= 11 is 0. The Bertz CT molecular complexity index is 713. The fourth-order valence-corrected chi connectivity index (χ4v) is 3.35. The molecule has 7 heteroatoms. The van der Waals surface area contributed by atoms with Crippen molar-refractivity contribution in [1.29, 1.82) is 0 Å². The first-order valence-corrected chi connectivity index (χ1v) is 9.40. The molecule has 148 valence electrons. The van der Waals surface area contributed by atoms with Crippen LogP contribution in [0, 0.1) is 0 Å². The normalized spacial score (nSPS) is 19.4. The maximum atomic E-state index is 13.1. The first-order valence-electron chi connectivity index (χ1n) is 9.40. The van der Waals surface area contributed by atoms with Gasteiger partial charge in [-0.15, -0.1) is 0 Å². The van der Waals surface area contributed by atoms with Crippen LogP contribution in [0.15, 0.2) is 18.2 Å². The minimum absolute atomic E-state index is 0.0748. The molecule has 1 fully saturated rings. The van der Waals surface area contributed by atoms with Gasteiger partial charge in [0.05, 0.1) is 11.6 Å². The number of piperidine rings is 1. The minimum atomic E-state index is -0.546. The Morgan fingerprint density at radius 1 is 1.22 bits per heavy atom. The third kappa shape index (κ3) is 4.46. The summed E-state index contributed by atoms with van der Waals surface area (Å²) < 4.78 is 16.7. The summed E-state index contributed by atoms with van der Waals surface area (Å²) in [5, 5.41) is 0. The molecule has 0 unspecified atom stereocenters. The van der Waals surface area contributed by atoms with E-state index < -0.39 is 5.60 Å². The Labute approximate surface area is 160 Å². The molecule has 3 rings (SSSR count). The van der Waals surface area contributed by atoms with Gasteiger partial charge in [0, 0.05) is 20.1 Å². The number of likely N-dealkylation sites (N-methyl/N-ethyl adjacent to an activating group) is 1. The van der Waals surface area contributed by atoms with E-state index in [4.69, 9.17) is 14.2 Å². The second-order valence-corrected chi connectivity index (χ2v) is 7.97. The second-order valence-electron chi connectivity index (χ2n) is 7.97. The molecule has 0 N–H and O–H groups in total. The standard InChI is InChI=1S/C20H28N2O5/c1-20(2,3)27-19(24)21(4)14-7-6-10-22(13-14)18(23)15-8-5-9-16-17(15)26-12-11-25-16/h5,8-9,14H,6-7,10-13H2,1-4H3/t14-/m0/s1. The van der Waals surface area contributed by atoms with E-state index in [-0.39, 0.29) is 18.0 Å². The van der Waals surface area contributed by atoms with Crippen molar-refractivity contribution in [2.24, 2.45) is 0 Å². The number of nitrogens with zero attached hydrogens (tertiary/aromatic N) is 2. The highest BCUT2D eigenvalue weighted by Gasteiger charge is 2.32. The molecule has 0 spiro atoms. The van der Waals surface area contributed by atoms with Crippen molar-refractivity contribution in [1.82, 2.24) is 9.80 Å². The summed E-state index contributed by atoms with van der Waals surface area (Å²) in [6.07, 6.45) is 1.30. The lowest BCUT2D eigenvalue weighted by Gasteiger charge is -2.38. The summed E-state index contributed by atoms with van der Waals surface area (Å²) in [6.45, 7) is 7.57. The monoisotopic (exact) mass is 376 g/mol. The molecule has 2 aliphatic heterocycles. The average molecular weight is 376 g/mol. The van der Waals surface area contributed by atoms with Crippen molar-refractivity contribution in [3.05, 3.63) is 23.8 Å². The molecule has 2 heterocycles. The lowest BCUT2D eigenvalue weighted by molar-refractivity contribution is 0.0131. The number of carbonyl (C=O) groups is 2. The van der Waals surface area contributed by atoms with Crippen molar-refractivity contribution in [2.75, 3.05) is 33.4 Å². The number of hydrogen-bond donors (Lipinski definition) is 0. The molecule has 1 aromatic rings. The Morgan fingerprint density at radius 3 is 2.70 bits per heavy atom. The van der Waals surface area contributed by atoms with Crippen LogP contribution >= 0.6 is 0 Å². The van der Waals surface area contributed by atoms with Gasteiger partial charge in [0.25, 0.3) is 5.91 Å².